The molecule has 0 aliphatic heterocycles. The van der Waals surface area contributed by atoms with Gasteiger partial charge in [-0.15, -0.1) is 11.3 Å². The predicted octanol–water partition coefficient (Wildman–Crippen LogP) is 1.58. The number of aliphatic hydroxyl groups excluding tert-OH is 1. The summed E-state index contributed by atoms with van der Waals surface area (Å²) in [5.41, 5.74) is 0. The molecule has 2 amide bonds. The third-order valence-electron chi connectivity index (χ3n) is 4.04. The van der Waals surface area contributed by atoms with Crippen molar-refractivity contribution in [2.24, 2.45) is 0 Å². The van der Waals surface area contributed by atoms with Crippen LogP contribution < -0.4 is 0 Å². The van der Waals surface area contributed by atoms with Gasteiger partial charge in [-0.3, -0.25) is 9.59 Å². The third kappa shape index (κ3) is 3.83. The normalized spacial score (nSPS) is 21.9. The number of carbonyl (C=O) groups is 2. The van der Waals surface area contributed by atoms with E-state index < -0.39 is 6.10 Å². The number of hydrogen-bond donors (Lipinski definition) is 1. The van der Waals surface area contributed by atoms with Crippen molar-refractivity contribution in [2.75, 3.05) is 20.6 Å². The monoisotopic (exact) mass is 310 g/mol. The third-order valence-corrected chi connectivity index (χ3v) is 4.89. The van der Waals surface area contributed by atoms with Gasteiger partial charge in [-0.2, -0.15) is 0 Å². The zero-order valence-electron chi connectivity index (χ0n) is 12.5. The van der Waals surface area contributed by atoms with Gasteiger partial charge in [0.15, 0.2) is 0 Å². The molecule has 6 heteroatoms. The van der Waals surface area contributed by atoms with Crippen molar-refractivity contribution in [2.45, 2.75) is 37.8 Å². The van der Waals surface area contributed by atoms with E-state index >= 15 is 0 Å². The second-order valence-electron chi connectivity index (χ2n) is 5.56. The quantitative estimate of drug-likeness (QED) is 0.918. The van der Waals surface area contributed by atoms with Crippen LogP contribution in [0.15, 0.2) is 17.5 Å². The summed E-state index contributed by atoms with van der Waals surface area (Å²) >= 11 is 1.37. The summed E-state index contributed by atoms with van der Waals surface area (Å²) in [5.74, 6) is -0.274. The van der Waals surface area contributed by atoms with Gasteiger partial charge in [-0.05, 0) is 24.3 Å². The highest BCUT2D eigenvalue weighted by atomic mass is 32.1. The molecule has 1 aromatic heterocycles. The summed E-state index contributed by atoms with van der Waals surface area (Å²) in [6.07, 6.45) is 3.16. The zero-order chi connectivity index (χ0) is 15.4. The molecule has 1 saturated carbocycles. The second-order valence-corrected chi connectivity index (χ2v) is 6.51. The molecule has 21 heavy (non-hydrogen) atoms. The summed E-state index contributed by atoms with van der Waals surface area (Å²) in [7, 11) is 3.34. The Morgan fingerprint density at radius 1 is 1.33 bits per heavy atom. The second kappa shape index (κ2) is 7.04. The lowest BCUT2D eigenvalue weighted by Gasteiger charge is -2.35. The van der Waals surface area contributed by atoms with E-state index in [0.717, 1.165) is 25.7 Å². The summed E-state index contributed by atoms with van der Waals surface area (Å²) in [5, 5.41) is 11.8. The number of rotatable bonds is 4. The molecule has 1 aliphatic rings. The molecule has 2 atom stereocenters. The highest BCUT2D eigenvalue weighted by Crippen LogP contribution is 2.22. The highest BCUT2D eigenvalue weighted by Gasteiger charge is 2.30. The fraction of sp³-hybridized carbons (Fsp3) is 0.600. The average molecular weight is 310 g/mol. The number of hydrogen-bond acceptors (Lipinski definition) is 4. The van der Waals surface area contributed by atoms with E-state index in [9.17, 15) is 14.7 Å². The van der Waals surface area contributed by atoms with Gasteiger partial charge in [0.1, 0.15) is 0 Å². The van der Waals surface area contributed by atoms with Crippen LogP contribution in [0.2, 0.25) is 0 Å². The van der Waals surface area contributed by atoms with E-state index in [1.165, 1.54) is 16.2 Å². The minimum Gasteiger partial charge on any atom is -0.391 e. The Hall–Kier alpha value is -1.40. The van der Waals surface area contributed by atoms with Gasteiger partial charge in [-0.25, -0.2) is 0 Å². The lowest BCUT2D eigenvalue weighted by Crippen LogP contribution is -2.49. The van der Waals surface area contributed by atoms with Crippen LogP contribution in [0.3, 0.4) is 0 Å². The van der Waals surface area contributed by atoms with Crippen molar-refractivity contribution in [3.8, 4) is 0 Å². The number of thiophene rings is 1. The number of likely N-dealkylation sites (N-methyl/N-ethyl adjacent to an activating group) is 2. The molecule has 1 fully saturated rings. The smallest absolute Gasteiger partial charge is 0.264 e. The molecule has 0 spiro atoms. The van der Waals surface area contributed by atoms with Crippen LogP contribution in [-0.2, 0) is 4.79 Å². The Balaban J connectivity index is 1.92. The fourth-order valence-corrected chi connectivity index (χ4v) is 3.42. The number of nitrogens with zero attached hydrogens (tertiary/aromatic N) is 2. The molecule has 1 aromatic rings. The van der Waals surface area contributed by atoms with E-state index in [2.05, 4.69) is 0 Å². The van der Waals surface area contributed by atoms with Crippen LogP contribution in [0.4, 0.5) is 0 Å². The molecule has 0 bridgehead atoms. The van der Waals surface area contributed by atoms with Crippen molar-refractivity contribution in [1.82, 2.24) is 9.80 Å². The Labute approximate surface area is 129 Å². The molecule has 1 aliphatic carbocycles. The van der Waals surface area contributed by atoms with Crippen molar-refractivity contribution in [1.29, 1.82) is 0 Å². The summed E-state index contributed by atoms with van der Waals surface area (Å²) < 4.78 is 0. The van der Waals surface area contributed by atoms with Crippen LogP contribution in [0, 0.1) is 0 Å². The first-order chi connectivity index (χ1) is 10.0. The van der Waals surface area contributed by atoms with E-state index in [4.69, 9.17) is 0 Å². The lowest BCUT2D eigenvalue weighted by atomic mass is 9.91. The van der Waals surface area contributed by atoms with Gasteiger partial charge in [0.05, 0.1) is 23.6 Å². The van der Waals surface area contributed by atoms with Gasteiger partial charge in [0, 0.05) is 14.1 Å². The molecule has 2 unspecified atom stereocenters. The van der Waals surface area contributed by atoms with E-state index in [1.54, 1.807) is 25.1 Å². The Morgan fingerprint density at radius 3 is 2.67 bits per heavy atom. The van der Waals surface area contributed by atoms with E-state index in [1.807, 2.05) is 11.4 Å². The first kappa shape index (κ1) is 16.0. The Morgan fingerprint density at radius 2 is 2.05 bits per heavy atom. The van der Waals surface area contributed by atoms with Crippen LogP contribution in [0.5, 0.6) is 0 Å². The standard InChI is InChI=1S/C15H22N2O3S/c1-16(15(20)13-8-5-9-21-13)10-14(19)17(2)11-6-3-4-7-12(11)18/h5,8-9,11-12,18H,3-4,6-7,10H2,1-2H3. The van der Waals surface area contributed by atoms with Gasteiger partial charge in [0.2, 0.25) is 5.91 Å². The Bertz CT molecular complexity index is 489. The largest absolute Gasteiger partial charge is 0.391 e. The van der Waals surface area contributed by atoms with Crippen molar-refractivity contribution >= 4 is 23.2 Å². The van der Waals surface area contributed by atoms with Crippen molar-refractivity contribution in [3.63, 3.8) is 0 Å². The predicted molar refractivity (Wildman–Crippen MR) is 82.3 cm³/mol. The maximum absolute atomic E-state index is 12.3. The topological polar surface area (TPSA) is 60.9 Å². The molecule has 0 aromatic carbocycles. The molecule has 5 nitrogen and oxygen atoms in total. The van der Waals surface area contributed by atoms with Crippen LogP contribution in [0.1, 0.15) is 35.4 Å². The molecule has 116 valence electrons. The number of amides is 2. The summed E-state index contributed by atoms with van der Waals surface area (Å²) in [6, 6.07) is 3.44. The molecule has 1 N–H and O–H groups in total. The lowest BCUT2D eigenvalue weighted by molar-refractivity contribution is -0.135. The van der Waals surface area contributed by atoms with Gasteiger partial charge in [-0.1, -0.05) is 18.9 Å². The fourth-order valence-electron chi connectivity index (χ4n) is 2.70. The SMILES string of the molecule is CN(CC(=O)N(C)C1CCCCC1O)C(=O)c1cccs1. The van der Waals surface area contributed by atoms with Crippen molar-refractivity contribution in [3.05, 3.63) is 22.4 Å². The minimum absolute atomic E-state index is 0.0381. The number of aliphatic hydroxyl groups is 1. The van der Waals surface area contributed by atoms with Gasteiger partial charge in [0.25, 0.3) is 5.91 Å². The van der Waals surface area contributed by atoms with E-state index in [-0.39, 0.29) is 24.4 Å². The molecule has 0 radical (unpaired) electrons. The van der Waals surface area contributed by atoms with E-state index in [0.29, 0.717) is 4.88 Å². The highest BCUT2D eigenvalue weighted by molar-refractivity contribution is 7.12. The van der Waals surface area contributed by atoms with Crippen LogP contribution in [0.25, 0.3) is 0 Å². The van der Waals surface area contributed by atoms with Crippen LogP contribution in [-0.4, -0.2) is 59.5 Å². The van der Waals surface area contributed by atoms with Gasteiger partial charge < -0.3 is 14.9 Å². The average Bonchev–Trinajstić information content (AvgIpc) is 3.00. The van der Waals surface area contributed by atoms with Gasteiger partial charge >= 0.3 is 0 Å². The molecule has 2 rings (SSSR count). The molecular formula is C15H22N2O3S. The number of carbonyl (C=O) groups excluding carboxylic acids is 2. The first-order valence-electron chi connectivity index (χ1n) is 7.23. The summed E-state index contributed by atoms with van der Waals surface area (Å²) in [4.78, 5) is 28.1. The minimum atomic E-state index is -0.453. The molecule has 0 saturated heterocycles. The summed E-state index contributed by atoms with van der Waals surface area (Å²) in [6.45, 7) is 0.0381. The Kier molecular flexibility index (Phi) is 5.36. The van der Waals surface area contributed by atoms with Crippen LogP contribution >= 0.6 is 11.3 Å². The zero-order valence-corrected chi connectivity index (χ0v) is 13.3. The van der Waals surface area contributed by atoms with Crippen molar-refractivity contribution < 1.29 is 14.7 Å². The maximum Gasteiger partial charge on any atom is 0.264 e. The molecular weight excluding hydrogens is 288 g/mol. The molecule has 1 heterocycles. The maximum atomic E-state index is 12.3. The first-order valence-corrected chi connectivity index (χ1v) is 8.11.